The van der Waals surface area contributed by atoms with Crippen LogP contribution in [0.3, 0.4) is 0 Å². The summed E-state index contributed by atoms with van der Waals surface area (Å²) in [6.45, 7) is 0.237. The highest BCUT2D eigenvalue weighted by molar-refractivity contribution is 8.18. The van der Waals surface area contributed by atoms with Gasteiger partial charge in [-0.2, -0.15) is 5.10 Å². The fourth-order valence-electron chi connectivity index (χ4n) is 3.22. The van der Waals surface area contributed by atoms with E-state index in [1.165, 1.54) is 29.8 Å². The number of aromatic hydroxyl groups is 1. The van der Waals surface area contributed by atoms with E-state index in [1.807, 2.05) is 43.3 Å². The smallest absolute Gasteiger partial charge is 0.267 e. The highest BCUT2D eigenvalue weighted by Gasteiger charge is 2.34. The Bertz CT molecular complexity index is 1250. The average molecular weight is 477 g/mol. The highest BCUT2D eigenvalue weighted by Crippen LogP contribution is 2.35. The number of carbonyl (C=O) groups is 1. The Morgan fingerprint density at radius 3 is 2.59 bits per heavy atom. The van der Waals surface area contributed by atoms with Crippen molar-refractivity contribution in [3.63, 3.8) is 0 Å². The Morgan fingerprint density at radius 1 is 1.15 bits per heavy atom. The predicted molar refractivity (Wildman–Crippen MR) is 135 cm³/mol. The lowest BCUT2D eigenvalue weighted by Crippen LogP contribution is -2.28. The van der Waals surface area contributed by atoms with Crippen LogP contribution in [0.15, 0.2) is 80.4 Å². The van der Waals surface area contributed by atoms with Gasteiger partial charge in [-0.15, -0.1) is 5.10 Å². The molecule has 0 aliphatic carbocycles. The van der Waals surface area contributed by atoms with Crippen molar-refractivity contribution in [1.82, 2.24) is 4.90 Å². The van der Waals surface area contributed by atoms with E-state index < -0.39 is 0 Å². The van der Waals surface area contributed by atoms with Crippen LogP contribution in [0.1, 0.15) is 16.9 Å². The lowest BCUT2D eigenvalue weighted by Gasteiger charge is -2.12. The number of benzene rings is 2. The number of ether oxygens (including phenoxy) is 1. The zero-order chi connectivity index (χ0) is 24.1. The lowest BCUT2D eigenvalue weighted by atomic mass is 10.2. The number of amides is 1. The lowest BCUT2D eigenvalue weighted by molar-refractivity contribution is -0.122. The van der Waals surface area contributed by atoms with Gasteiger partial charge in [0.1, 0.15) is 5.76 Å². The number of nitrogens with zero attached hydrogens (tertiary/aromatic N) is 4. The van der Waals surface area contributed by atoms with E-state index in [9.17, 15) is 9.90 Å². The number of rotatable bonds is 7. The number of anilines is 1. The van der Waals surface area contributed by atoms with Crippen LogP contribution in [-0.4, -0.2) is 48.5 Å². The topological polar surface area (TPSA) is 90.9 Å². The molecule has 1 N–H and O–H groups in total. The van der Waals surface area contributed by atoms with Crippen LogP contribution >= 0.6 is 11.8 Å². The maximum absolute atomic E-state index is 13.2. The van der Waals surface area contributed by atoms with Gasteiger partial charge in [-0.25, -0.2) is 0 Å². The van der Waals surface area contributed by atoms with Gasteiger partial charge in [0, 0.05) is 19.8 Å². The Hall–Kier alpha value is -3.98. The molecule has 1 aliphatic heterocycles. The minimum Gasteiger partial charge on any atom is -0.504 e. The molecular formula is C25H24N4O4S. The molecule has 8 nitrogen and oxygen atoms in total. The van der Waals surface area contributed by atoms with Gasteiger partial charge >= 0.3 is 0 Å². The summed E-state index contributed by atoms with van der Waals surface area (Å²) in [5.74, 6) is 0.788. The third-order valence-corrected chi connectivity index (χ3v) is 6.04. The van der Waals surface area contributed by atoms with Gasteiger partial charge in [-0.05, 0) is 65.4 Å². The van der Waals surface area contributed by atoms with E-state index in [0.29, 0.717) is 27.1 Å². The summed E-state index contributed by atoms with van der Waals surface area (Å²) in [5, 5.41) is 18.8. The number of hydrogen-bond acceptors (Lipinski definition) is 8. The molecule has 3 aromatic rings. The molecule has 0 unspecified atom stereocenters. The van der Waals surface area contributed by atoms with E-state index in [2.05, 4.69) is 10.2 Å². The molecule has 34 heavy (non-hydrogen) atoms. The first kappa shape index (κ1) is 23.2. The van der Waals surface area contributed by atoms with E-state index >= 15 is 0 Å². The van der Waals surface area contributed by atoms with Gasteiger partial charge in [-0.3, -0.25) is 9.69 Å². The molecule has 2 aromatic carbocycles. The number of carbonyl (C=O) groups excluding carboxylic acids is 1. The Labute approximate surface area is 201 Å². The Morgan fingerprint density at radius 2 is 1.91 bits per heavy atom. The summed E-state index contributed by atoms with van der Waals surface area (Å²) in [6.07, 6.45) is 4.94. The number of phenolic OH excluding ortho intramolecular Hbond substituents is 1. The molecule has 0 bridgehead atoms. The second-order valence-corrected chi connectivity index (χ2v) is 8.63. The molecule has 4 rings (SSSR count). The van der Waals surface area contributed by atoms with Crippen molar-refractivity contribution >= 4 is 40.8 Å². The summed E-state index contributed by atoms with van der Waals surface area (Å²) in [5.41, 5.74) is 2.70. The largest absolute Gasteiger partial charge is 0.504 e. The van der Waals surface area contributed by atoms with Crippen LogP contribution in [0.25, 0.3) is 6.08 Å². The number of phenols is 1. The molecule has 1 aliphatic rings. The van der Waals surface area contributed by atoms with Crippen LogP contribution in [0.4, 0.5) is 5.69 Å². The maximum Gasteiger partial charge on any atom is 0.267 e. The molecule has 1 aromatic heterocycles. The fourth-order valence-corrected chi connectivity index (χ4v) is 4.15. The van der Waals surface area contributed by atoms with Crippen molar-refractivity contribution in [3.05, 3.63) is 82.7 Å². The van der Waals surface area contributed by atoms with E-state index in [4.69, 9.17) is 9.15 Å². The highest BCUT2D eigenvalue weighted by atomic mass is 32.2. The average Bonchev–Trinajstić information content (AvgIpc) is 3.45. The quantitative estimate of drug-likeness (QED) is 0.305. The fraction of sp³-hybridized carbons (Fsp3) is 0.160. The van der Waals surface area contributed by atoms with Crippen LogP contribution < -0.4 is 9.64 Å². The van der Waals surface area contributed by atoms with Crippen LogP contribution in [0, 0.1) is 0 Å². The van der Waals surface area contributed by atoms with Crippen LogP contribution in [-0.2, 0) is 11.3 Å². The first-order valence-corrected chi connectivity index (χ1v) is 11.3. The first-order valence-electron chi connectivity index (χ1n) is 10.4. The zero-order valence-electron chi connectivity index (χ0n) is 19.0. The molecular weight excluding hydrogens is 452 g/mol. The van der Waals surface area contributed by atoms with E-state index in [0.717, 1.165) is 11.3 Å². The van der Waals surface area contributed by atoms with Crippen LogP contribution in [0.2, 0.25) is 0 Å². The molecule has 0 spiro atoms. The van der Waals surface area contributed by atoms with Crippen LogP contribution in [0.5, 0.6) is 11.5 Å². The third kappa shape index (κ3) is 5.32. The number of hydrogen-bond donors (Lipinski definition) is 1. The molecule has 1 saturated heterocycles. The molecule has 9 heteroatoms. The second kappa shape index (κ2) is 10.3. The van der Waals surface area contributed by atoms with E-state index in [1.54, 1.807) is 42.8 Å². The summed E-state index contributed by atoms with van der Waals surface area (Å²) in [4.78, 5) is 17.2. The summed E-state index contributed by atoms with van der Waals surface area (Å²) in [6, 6.07) is 16.4. The Kier molecular flexibility index (Phi) is 7.03. The van der Waals surface area contributed by atoms with Crippen molar-refractivity contribution < 1.29 is 19.1 Å². The normalized spacial score (nSPS) is 16.2. The molecule has 1 fully saturated rings. The molecule has 0 radical (unpaired) electrons. The summed E-state index contributed by atoms with van der Waals surface area (Å²) < 4.78 is 10.6. The summed E-state index contributed by atoms with van der Waals surface area (Å²) >= 11 is 1.22. The van der Waals surface area contributed by atoms with Gasteiger partial charge in [0.15, 0.2) is 16.7 Å². The zero-order valence-corrected chi connectivity index (χ0v) is 19.8. The van der Waals surface area contributed by atoms with Gasteiger partial charge < -0.3 is 19.2 Å². The Balaban J connectivity index is 1.60. The first-order chi connectivity index (χ1) is 16.4. The van der Waals surface area contributed by atoms with Crippen molar-refractivity contribution in [2.24, 2.45) is 10.2 Å². The molecule has 0 atom stereocenters. The second-order valence-electron chi connectivity index (χ2n) is 7.63. The van der Waals surface area contributed by atoms with Gasteiger partial charge in [-0.1, -0.05) is 18.2 Å². The number of amidine groups is 1. The summed E-state index contributed by atoms with van der Waals surface area (Å²) in [7, 11) is 5.44. The standard InChI is InChI=1S/C25H24N4O4S/c1-28(2)19-9-6-17(7-10-19)15-26-27-25-29(16-20-5-4-12-33-20)24(31)23(34-25)14-18-8-11-21(30)22(13-18)32-3/h4-15,30H,16H2,1-3H3/b23-14-,26-15+,27-25-. The minimum absolute atomic E-state index is 0.0321. The van der Waals surface area contributed by atoms with Gasteiger partial charge in [0.2, 0.25) is 0 Å². The SMILES string of the molecule is COc1cc(/C=C2\S/C(=N\N=C\c3ccc(N(C)C)cc3)N(Cc3ccco3)C2=O)ccc1O. The van der Waals surface area contributed by atoms with E-state index in [-0.39, 0.29) is 18.2 Å². The van der Waals surface area contributed by atoms with Gasteiger partial charge in [0.25, 0.3) is 5.91 Å². The monoisotopic (exact) mass is 476 g/mol. The molecule has 2 heterocycles. The molecule has 0 saturated carbocycles. The molecule has 174 valence electrons. The number of thioether (sulfide) groups is 1. The minimum atomic E-state index is -0.210. The van der Waals surface area contributed by atoms with Crippen molar-refractivity contribution in [2.75, 3.05) is 26.1 Å². The molecule has 1 amide bonds. The van der Waals surface area contributed by atoms with Crippen molar-refractivity contribution in [1.29, 1.82) is 0 Å². The van der Waals surface area contributed by atoms with Gasteiger partial charge in [0.05, 0.1) is 31.0 Å². The number of methoxy groups -OCH3 is 1. The number of furan rings is 1. The van der Waals surface area contributed by atoms with Crippen molar-refractivity contribution in [2.45, 2.75) is 6.54 Å². The maximum atomic E-state index is 13.2. The third-order valence-electron chi connectivity index (χ3n) is 5.04. The predicted octanol–water partition coefficient (Wildman–Crippen LogP) is 4.57. The van der Waals surface area contributed by atoms with Crippen molar-refractivity contribution in [3.8, 4) is 11.5 Å².